The van der Waals surface area contributed by atoms with Crippen LogP contribution in [0.5, 0.6) is 0 Å². The van der Waals surface area contributed by atoms with Crippen LogP contribution in [0.2, 0.25) is 0 Å². The third-order valence-electron chi connectivity index (χ3n) is 3.46. The molecule has 1 aromatic heterocycles. The fourth-order valence-electron chi connectivity index (χ4n) is 2.36. The number of amides is 1. The van der Waals surface area contributed by atoms with Gasteiger partial charge in [-0.05, 0) is 17.1 Å². The highest BCUT2D eigenvalue weighted by atomic mass is 32.1. The minimum Gasteiger partial charge on any atom is -0.333 e. The highest BCUT2D eigenvalue weighted by Crippen LogP contribution is 2.10. The Morgan fingerprint density at radius 3 is 2.55 bits per heavy atom. The number of rotatable bonds is 3. The van der Waals surface area contributed by atoms with Crippen LogP contribution < -0.4 is 0 Å². The highest BCUT2D eigenvalue weighted by molar-refractivity contribution is 7.03. The van der Waals surface area contributed by atoms with E-state index >= 15 is 0 Å². The summed E-state index contributed by atoms with van der Waals surface area (Å²) in [6.45, 7) is 4.21. The summed E-state index contributed by atoms with van der Waals surface area (Å²) in [5.41, 5.74) is 2.91. The molecule has 3 rings (SSSR count). The summed E-state index contributed by atoms with van der Waals surface area (Å²) in [6, 6.07) is 10.4. The molecule has 104 valence electrons. The lowest BCUT2D eigenvalue weighted by Crippen LogP contribution is -2.48. The summed E-state index contributed by atoms with van der Waals surface area (Å²) in [5, 5.41) is 0. The quantitative estimate of drug-likeness (QED) is 0.859. The van der Waals surface area contributed by atoms with Gasteiger partial charge in [0.05, 0.1) is 0 Å². The van der Waals surface area contributed by atoms with Crippen LogP contribution >= 0.6 is 11.5 Å². The van der Waals surface area contributed by atoms with Crippen molar-refractivity contribution >= 4 is 17.4 Å². The summed E-state index contributed by atoms with van der Waals surface area (Å²) in [5.74, 6) is 0.275. The van der Waals surface area contributed by atoms with Gasteiger partial charge in [0.25, 0.3) is 5.91 Å². The van der Waals surface area contributed by atoms with Crippen LogP contribution in [-0.2, 0) is 6.54 Å². The molecule has 0 atom stereocenters. The molecule has 0 bridgehead atoms. The second-order valence-corrected chi connectivity index (χ2v) is 5.41. The maximum absolute atomic E-state index is 12.1. The van der Waals surface area contributed by atoms with Crippen molar-refractivity contribution in [3.8, 4) is 0 Å². The molecule has 0 N–H and O–H groups in total. The summed E-state index contributed by atoms with van der Waals surface area (Å²) in [4.78, 5) is 20.3. The van der Waals surface area contributed by atoms with Crippen LogP contribution in [0.1, 0.15) is 16.2 Å². The van der Waals surface area contributed by atoms with Crippen molar-refractivity contribution in [2.24, 2.45) is 0 Å². The molecule has 6 heteroatoms. The summed E-state index contributed by atoms with van der Waals surface area (Å²) in [6.07, 6.45) is 0. The van der Waals surface area contributed by atoms with Crippen LogP contribution in [0.25, 0.3) is 0 Å². The number of hydrogen-bond acceptors (Lipinski definition) is 5. The van der Waals surface area contributed by atoms with E-state index in [4.69, 9.17) is 0 Å². The molecule has 1 amide bonds. The Morgan fingerprint density at radius 1 is 1.15 bits per heavy atom. The van der Waals surface area contributed by atoms with Crippen molar-refractivity contribution in [1.29, 1.82) is 0 Å². The molecule has 20 heavy (non-hydrogen) atoms. The lowest BCUT2D eigenvalue weighted by atomic mass is 10.2. The molecule has 0 saturated carbocycles. The topological polar surface area (TPSA) is 49.3 Å². The maximum Gasteiger partial charge on any atom is 0.292 e. The Morgan fingerprint density at radius 2 is 1.90 bits per heavy atom. The van der Waals surface area contributed by atoms with E-state index in [9.17, 15) is 4.79 Å². The number of benzene rings is 1. The molecule has 2 aromatic rings. The molecular formula is C14H16N4OS. The monoisotopic (exact) mass is 288 g/mol. The van der Waals surface area contributed by atoms with E-state index in [2.05, 4.69) is 38.5 Å². The number of carbonyl (C=O) groups excluding carboxylic acids is 1. The lowest BCUT2D eigenvalue weighted by molar-refractivity contribution is 0.0618. The van der Waals surface area contributed by atoms with Gasteiger partial charge in [0, 0.05) is 32.7 Å². The number of hydrogen-bond donors (Lipinski definition) is 0. The molecule has 0 aliphatic carbocycles. The predicted octanol–water partition coefficient (Wildman–Crippen LogP) is 1.50. The lowest BCUT2D eigenvalue weighted by Gasteiger charge is -2.34. The average Bonchev–Trinajstić information content (AvgIpc) is 3.03. The number of piperazine rings is 1. The first-order valence-corrected chi connectivity index (χ1v) is 7.48. The summed E-state index contributed by atoms with van der Waals surface area (Å²) < 4.78 is 4.00. The minimum atomic E-state index is -0.0504. The highest BCUT2D eigenvalue weighted by Gasteiger charge is 2.23. The summed E-state index contributed by atoms with van der Waals surface area (Å²) >= 11 is 1.22. The fraction of sp³-hybridized carbons (Fsp3) is 0.357. The molecule has 1 saturated heterocycles. The van der Waals surface area contributed by atoms with Gasteiger partial charge in [-0.2, -0.15) is 4.37 Å². The van der Waals surface area contributed by atoms with Crippen molar-refractivity contribution in [1.82, 2.24) is 19.2 Å². The van der Waals surface area contributed by atoms with Crippen molar-refractivity contribution in [3.63, 3.8) is 0 Å². The van der Waals surface area contributed by atoms with Gasteiger partial charge < -0.3 is 4.90 Å². The first kappa shape index (κ1) is 13.2. The Kier molecular flexibility index (Phi) is 4.03. The zero-order valence-corrected chi connectivity index (χ0v) is 11.9. The smallest absolute Gasteiger partial charge is 0.292 e. The van der Waals surface area contributed by atoms with E-state index in [0.29, 0.717) is 5.82 Å². The molecule has 5 nitrogen and oxygen atoms in total. The van der Waals surface area contributed by atoms with E-state index in [1.54, 1.807) is 5.51 Å². The molecule has 1 aliphatic rings. The number of carbonyl (C=O) groups is 1. The van der Waals surface area contributed by atoms with Crippen molar-refractivity contribution in [2.75, 3.05) is 26.2 Å². The van der Waals surface area contributed by atoms with Crippen LogP contribution in [0, 0.1) is 0 Å². The Bertz CT molecular complexity index is 550. The number of nitrogens with zero attached hydrogens (tertiary/aromatic N) is 4. The fourth-order valence-corrected chi connectivity index (χ4v) is 2.78. The van der Waals surface area contributed by atoms with E-state index in [0.717, 1.165) is 32.7 Å². The first-order valence-electron chi connectivity index (χ1n) is 6.65. The van der Waals surface area contributed by atoms with Crippen LogP contribution in [0.3, 0.4) is 0 Å². The Labute approximate surface area is 122 Å². The van der Waals surface area contributed by atoms with Crippen molar-refractivity contribution in [2.45, 2.75) is 6.54 Å². The second-order valence-electron chi connectivity index (χ2n) is 4.81. The zero-order valence-electron chi connectivity index (χ0n) is 11.1. The molecule has 1 aromatic carbocycles. The zero-order chi connectivity index (χ0) is 13.8. The van der Waals surface area contributed by atoms with Gasteiger partial charge in [0.15, 0.2) is 0 Å². The Balaban J connectivity index is 1.53. The van der Waals surface area contributed by atoms with Gasteiger partial charge in [-0.1, -0.05) is 30.3 Å². The Hall–Kier alpha value is -1.79. The normalized spacial score (nSPS) is 16.3. The maximum atomic E-state index is 12.1. The SMILES string of the molecule is O=C(c1ncsn1)N1CCN(Cc2ccccc2)CC1. The van der Waals surface area contributed by atoms with Crippen LogP contribution in [-0.4, -0.2) is 51.2 Å². The van der Waals surface area contributed by atoms with Crippen LogP contribution in [0.15, 0.2) is 35.8 Å². The van der Waals surface area contributed by atoms with E-state index in [-0.39, 0.29) is 5.91 Å². The molecule has 1 fully saturated rings. The third-order valence-corrected chi connectivity index (χ3v) is 3.94. The van der Waals surface area contributed by atoms with Crippen LogP contribution in [0.4, 0.5) is 0 Å². The van der Waals surface area contributed by atoms with Gasteiger partial charge in [-0.3, -0.25) is 9.69 Å². The summed E-state index contributed by atoms with van der Waals surface area (Å²) in [7, 11) is 0. The third kappa shape index (κ3) is 3.02. The standard InChI is InChI=1S/C14H16N4OS/c19-14(13-15-11-20-16-13)18-8-6-17(7-9-18)10-12-4-2-1-3-5-12/h1-5,11H,6-10H2. The van der Waals surface area contributed by atoms with Gasteiger partial charge in [0.2, 0.25) is 5.82 Å². The molecule has 0 radical (unpaired) electrons. The largest absolute Gasteiger partial charge is 0.333 e. The van der Waals surface area contributed by atoms with E-state index in [1.807, 2.05) is 11.0 Å². The molecular weight excluding hydrogens is 272 g/mol. The molecule has 1 aliphatic heterocycles. The van der Waals surface area contributed by atoms with E-state index in [1.165, 1.54) is 17.1 Å². The van der Waals surface area contributed by atoms with Crippen molar-refractivity contribution in [3.05, 3.63) is 47.2 Å². The molecule has 0 spiro atoms. The van der Waals surface area contributed by atoms with E-state index < -0.39 is 0 Å². The second kappa shape index (κ2) is 6.11. The predicted molar refractivity (Wildman–Crippen MR) is 77.5 cm³/mol. The van der Waals surface area contributed by atoms with Gasteiger partial charge in [0.1, 0.15) is 5.51 Å². The minimum absolute atomic E-state index is 0.0504. The van der Waals surface area contributed by atoms with Crippen molar-refractivity contribution < 1.29 is 4.79 Å². The molecule has 2 heterocycles. The average molecular weight is 288 g/mol. The van der Waals surface area contributed by atoms with Gasteiger partial charge in [-0.25, -0.2) is 4.98 Å². The number of aromatic nitrogens is 2. The van der Waals surface area contributed by atoms with Gasteiger partial charge >= 0.3 is 0 Å². The first-order chi connectivity index (χ1) is 9.83. The van der Waals surface area contributed by atoms with Gasteiger partial charge in [-0.15, -0.1) is 0 Å². The molecule has 0 unspecified atom stereocenters.